The SMILES string of the molecule is COc1cc2nccc(Oc3ncc(NC(=O)CC(=O)Nc4ccccc4C)cc3Cl)c2cc1OC. The van der Waals surface area contributed by atoms with E-state index >= 15 is 0 Å². The van der Waals surface area contributed by atoms with E-state index in [1.54, 1.807) is 44.7 Å². The van der Waals surface area contributed by atoms with Crippen LogP contribution in [0.4, 0.5) is 11.4 Å². The first-order chi connectivity index (χ1) is 17.4. The van der Waals surface area contributed by atoms with Gasteiger partial charge in [0.2, 0.25) is 17.7 Å². The summed E-state index contributed by atoms with van der Waals surface area (Å²) in [6.07, 6.45) is 2.62. The Hall–Kier alpha value is -4.37. The molecular weight excluding hydrogens is 484 g/mol. The minimum atomic E-state index is -0.506. The number of methoxy groups -OCH3 is 2. The van der Waals surface area contributed by atoms with Crippen molar-refractivity contribution >= 4 is 45.7 Å². The van der Waals surface area contributed by atoms with Gasteiger partial charge in [0.25, 0.3) is 0 Å². The van der Waals surface area contributed by atoms with Crippen LogP contribution < -0.4 is 24.8 Å². The van der Waals surface area contributed by atoms with E-state index in [-0.39, 0.29) is 17.3 Å². The fourth-order valence-corrected chi connectivity index (χ4v) is 3.67. The number of nitrogens with one attached hydrogen (secondary N) is 2. The van der Waals surface area contributed by atoms with Crippen LogP contribution in [0.25, 0.3) is 10.9 Å². The van der Waals surface area contributed by atoms with Crippen molar-refractivity contribution in [2.24, 2.45) is 0 Å². The molecule has 0 unspecified atom stereocenters. The number of carbonyl (C=O) groups is 2. The zero-order chi connectivity index (χ0) is 25.7. The first-order valence-electron chi connectivity index (χ1n) is 10.9. The topological polar surface area (TPSA) is 112 Å². The maximum atomic E-state index is 12.3. The Morgan fingerprint density at radius 1 is 0.917 bits per heavy atom. The second kappa shape index (κ2) is 10.9. The lowest BCUT2D eigenvalue weighted by molar-refractivity contribution is -0.123. The van der Waals surface area contributed by atoms with E-state index < -0.39 is 11.8 Å². The van der Waals surface area contributed by atoms with Crippen LogP contribution >= 0.6 is 11.6 Å². The van der Waals surface area contributed by atoms with Gasteiger partial charge in [0, 0.05) is 23.3 Å². The highest BCUT2D eigenvalue weighted by atomic mass is 35.5. The lowest BCUT2D eigenvalue weighted by Gasteiger charge is -2.13. The number of hydrogen-bond donors (Lipinski definition) is 2. The Balaban J connectivity index is 1.45. The van der Waals surface area contributed by atoms with Crippen LogP contribution in [0.2, 0.25) is 5.02 Å². The molecule has 9 nitrogen and oxygen atoms in total. The van der Waals surface area contributed by atoms with Crippen molar-refractivity contribution in [3.8, 4) is 23.1 Å². The molecule has 2 N–H and O–H groups in total. The lowest BCUT2D eigenvalue weighted by Crippen LogP contribution is -2.21. The average molecular weight is 507 g/mol. The zero-order valence-corrected chi connectivity index (χ0v) is 20.6. The minimum Gasteiger partial charge on any atom is -0.493 e. The molecule has 0 fully saturated rings. The normalized spacial score (nSPS) is 10.6. The molecule has 4 rings (SSSR count). The number of amides is 2. The van der Waals surface area contributed by atoms with Crippen molar-refractivity contribution in [1.29, 1.82) is 0 Å². The van der Waals surface area contributed by atoms with Crippen molar-refractivity contribution in [3.63, 3.8) is 0 Å². The highest BCUT2D eigenvalue weighted by Gasteiger charge is 2.15. The molecule has 4 aromatic rings. The van der Waals surface area contributed by atoms with Gasteiger partial charge >= 0.3 is 0 Å². The van der Waals surface area contributed by atoms with E-state index in [9.17, 15) is 9.59 Å². The van der Waals surface area contributed by atoms with Crippen LogP contribution in [-0.2, 0) is 9.59 Å². The molecule has 10 heteroatoms. The van der Waals surface area contributed by atoms with Crippen molar-refractivity contribution in [2.75, 3.05) is 24.9 Å². The van der Waals surface area contributed by atoms with Crippen LogP contribution in [0, 0.1) is 6.92 Å². The summed E-state index contributed by atoms with van der Waals surface area (Å²) in [5.74, 6) is 0.713. The van der Waals surface area contributed by atoms with Gasteiger partial charge in [-0.1, -0.05) is 29.8 Å². The number of para-hydroxylation sites is 1. The third kappa shape index (κ3) is 5.64. The molecule has 0 aliphatic rings. The molecule has 0 aliphatic heterocycles. The molecule has 184 valence electrons. The number of pyridine rings is 2. The zero-order valence-electron chi connectivity index (χ0n) is 19.8. The number of carbonyl (C=O) groups excluding carboxylic acids is 2. The van der Waals surface area contributed by atoms with Gasteiger partial charge in [-0.25, -0.2) is 4.98 Å². The van der Waals surface area contributed by atoms with Crippen LogP contribution in [0.5, 0.6) is 23.1 Å². The van der Waals surface area contributed by atoms with Gasteiger partial charge in [-0.15, -0.1) is 0 Å². The minimum absolute atomic E-state index is 0.134. The number of rotatable bonds is 8. The number of hydrogen-bond acceptors (Lipinski definition) is 7. The second-order valence-corrected chi connectivity index (χ2v) is 8.14. The van der Waals surface area contributed by atoms with Crippen LogP contribution in [-0.4, -0.2) is 36.0 Å². The van der Waals surface area contributed by atoms with E-state index in [0.717, 1.165) is 5.56 Å². The van der Waals surface area contributed by atoms with E-state index in [2.05, 4.69) is 20.6 Å². The molecule has 36 heavy (non-hydrogen) atoms. The molecule has 0 atom stereocenters. The summed E-state index contributed by atoms with van der Waals surface area (Å²) in [7, 11) is 3.09. The van der Waals surface area contributed by atoms with Gasteiger partial charge in [0.05, 0.1) is 31.6 Å². The number of fused-ring (bicyclic) bond motifs is 1. The van der Waals surface area contributed by atoms with Crippen LogP contribution in [0.3, 0.4) is 0 Å². The molecule has 2 heterocycles. The molecule has 0 saturated heterocycles. The number of halogens is 1. The van der Waals surface area contributed by atoms with Crippen LogP contribution in [0.1, 0.15) is 12.0 Å². The smallest absolute Gasteiger partial charge is 0.238 e. The number of anilines is 2. The molecule has 0 radical (unpaired) electrons. The Bertz CT molecular complexity index is 1440. The summed E-state index contributed by atoms with van der Waals surface area (Å²) in [5.41, 5.74) is 2.51. The predicted molar refractivity (Wildman–Crippen MR) is 137 cm³/mol. The predicted octanol–water partition coefficient (Wildman–Crippen LogP) is 5.37. The Morgan fingerprint density at radius 3 is 2.36 bits per heavy atom. The molecule has 0 saturated carbocycles. The molecule has 2 aromatic heterocycles. The molecule has 0 aliphatic carbocycles. The van der Waals surface area contributed by atoms with Crippen molar-refractivity contribution in [2.45, 2.75) is 13.3 Å². The van der Waals surface area contributed by atoms with Gasteiger partial charge in [-0.05, 0) is 36.8 Å². The Labute approximate surface area is 212 Å². The third-order valence-corrected chi connectivity index (χ3v) is 5.52. The van der Waals surface area contributed by atoms with Crippen LogP contribution in [0.15, 0.2) is 60.9 Å². The summed E-state index contributed by atoms with van der Waals surface area (Å²) >= 11 is 6.37. The maximum Gasteiger partial charge on any atom is 0.238 e. The van der Waals surface area contributed by atoms with E-state index in [1.165, 1.54) is 12.3 Å². The monoisotopic (exact) mass is 506 g/mol. The summed E-state index contributed by atoms with van der Waals surface area (Å²) in [6.45, 7) is 1.87. The average Bonchev–Trinajstić information content (AvgIpc) is 2.86. The lowest BCUT2D eigenvalue weighted by atomic mass is 10.2. The highest BCUT2D eigenvalue weighted by molar-refractivity contribution is 6.32. The van der Waals surface area contributed by atoms with E-state index in [1.807, 2.05) is 25.1 Å². The second-order valence-electron chi connectivity index (χ2n) is 7.73. The van der Waals surface area contributed by atoms with Crippen molar-refractivity contribution in [1.82, 2.24) is 9.97 Å². The van der Waals surface area contributed by atoms with Gasteiger partial charge in [0.15, 0.2) is 11.5 Å². The summed E-state index contributed by atoms with van der Waals surface area (Å²) in [5, 5.41) is 6.18. The molecule has 2 amide bonds. The standard InChI is InChI=1S/C26H23ClN4O5/c1-15-6-4-5-7-19(15)31-25(33)13-24(32)30-16-10-18(27)26(29-14-16)36-21-8-9-28-20-12-23(35-3)22(34-2)11-17(20)21/h4-12,14H,13H2,1-3H3,(H,30,32)(H,31,33). The van der Waals surface area contributed by atoms with Gasteiger partial charge in [0.1, 0.15) is 17.2 Å². The highest BCUT2D eigenvalue weighted by Crippen LogP contribution is 2.38. The molecule has 0 bridgehead atoms. The first-order valence-corrected chi connectivity index (χ1v) is 11.2. The largest absolute Gasteiger partial charge is 0.493 e. The summed E-state index contributed by atoms with van der Waals surface area (Å²) < 4.78 is 16.6. The van der Waals surface area contributed by atoms with Crippen molar-refractivity contribution < 1.29 is 23.8 Å². The number of aryl methyl sites for hydroxylation is 1. The summed E-state index contributed by atoms with van der Waals surface area (Å²) in [6, 6.07) is 14.0. The van der Waals surface area contributed by atoms with Gasteiger partial charge in [-0.3, -0.25) is 14.6 Å². The quantitative estimate of drug-likeness (QED) is 0.309. The van der Waals surface area contributed by atoms with Gasteiger partial charge < -0.3 is 24.8 Å². The Kier molecular flexibility index (Phi) is 7.50. The first kappa shape index (κ1) is 24.7. The van der Waals surface area contributed by atoms with E-state index in [4.69, 9.17) is 25.8 Å². The van der Waals surface area contributed by atoms with Gasteiger partial charge in [-0.2, -0.15) is 0 Å². The Morgan fingerprint density at radius 2 is 1.64 bits per heavy atom. The molecular formula is C26H23ClN4O5. The van der Waals surface area contributed by atoms with E-state index in [0.29, 0.717) is 39.5 Å². The summed E-state index contributed by atoms with van der Waals surface area (Å²) in [4.78, 5) is 33.1. The fourth-order valence-electron chi connectivity index (χ4n) is 3.47. The number of nitrogens with zero attached hydrogens (tertiary/aromatic N) is 2. The fraction of sp³-hybridized carbons (Fsp3) is 0.154. The number of benzene rings is 2. The molecule has 0 spiro atoms. The number of aromatic nitrogens is 2. The number of ether oxygens (including phenoxy) is 3. The maximum absolute atomic E-state index is 12.3. The van der Waals surface area contributed by atoms with Crippen molar-refractivity contribution in [3.05, 3.63) is 71.5 Å². The third-order valence-electron chi connectivity index (χ3n) is 5.24. The molecule has 2 aromatic carbocycles.